The number of hydrogen-bond acceptors (Lipinski definition) is 3. The third kappa shape index (κ3) is 7.43. The summed E-state index contributed by atoms with van der Waals surface area (Å²) in [5.74, 6) is -0.311. The molecular formula is C32H35N3O3. The Bertz CT molecular complexity index is 1360. The Kier molecular flexibility index (Phi) is 9.48. The number of benzene rings is 3. The number of fused-ring (bicyclic) bond motifs is 1. The number of amides is 2. The average Bonchev–Trinajstić information content (AvgIpc) is 3.36. The number of rotatable bonds is 12. The highest BCUT2D eigenvalue weighted by Gasteiger charge is 2.21. The summed E-state index contributed by atoms with van der Waals surface area (Å²) in [6, 6.07) is 26.0. The van der Waals surface area contributed by atoms with E-state index in [1.54, 1.807) is 18.1 Å². The molecule has 6 heteroatoms. The zero-order valence-corrected chi connectivity index (χ0v) is 22.1. The maximum Gasteiger partial charge on any atom is 0.247 e. The van der Waals surface area contributed by atoms with Crippen molar-refractivity contribution in [3.05, 3.63) is 113 Å². The van der Waals surface area contributed by atoms with E-state index in [-0.39, 0.29) is 18.4 Å². The van der Waals surface area contributed by atoms with Gasteiger partial charge in [0.15, 0.2) is 0 Å². The molecule has 2 amide bonds. The van der Waals surface area contributed by atoms with E-state index >= 15 is 0 Å². The zero-order chi connectivity index (χ0) is 26.7. The summed E-state index contributed by atoms with van der Waals surface area (Å²) in [7, 11) is 1.59. The summed E-state index contributed by atoms with van der Waals surface area (Å²) in [5, 5.41) is 1.16. The third-order valence-corrected chi connectivity index (χ3v) is 6.59. The minimum Gasteiger partial charge on any atom is -0.383 e. The van der Waals surface area contributed by atoms with Crippen LogP contribution in [0.2, 0.25) is 0 Å². The van der Waals surface area contributed by atoms with Crippen LogP contribution in [-0.4, -0.2) is 59.9 Å². The molecule has 0 atom stereocenters. The van der Waals surface area contributed by atoms with Gasteiger partial charge in [0, 0.05) is 49.9 Å². The van der Waals surface area contributed by atoms with Crippen molar-refractivity contribution in [2.24, 2.45) is 0 Å². The molecule has 1 aromatic heterocycles. The number of aryl methyl sites for hydroxylation is 1. The molecule has 0 saturated carbocycles. The number of nitrogens with one attached hydrogen (secondary N) is 1. The monoisotopic (exact) mass is 509 g/mol. The van der Waals surface area contributed by atoms with Crippen molar-refractivity contribution in [1.29, 1.82) is 0 Å². The molecule has 0 aliphatic heterocycles. The predicted octanol–water partition coefficient (Wildman–Crippen LogP) is 5.24. The lowest BCUT2D eigenvalue weighted by molar-refractivity contribution is -0.139. The van der Waals surface area contributed by atoms with E-state index in [4.69, 9.17) is 4.74 Å². The van der Waals surface area contributed by atoms with Crippen LogP contribution in [-0.2, 0) is 27.3 Å². The summed E-state index contributed by atoms with van der Waals surface area (Å²) in [4.78, 5) is 33.4. The van der Waals surface area contributed by atoms with Gasteiger partial charge in [-0.25, -0.2) is 0 Å². The number of nitrogens with zero attached hydrogens (tertiary/aromatic N) is 2. The first-order valence-electron chi connectivity index (χ1n) is 12.9. The molecule has 4 rings (SSSR count). The van der Waals surface area contributed by atoms with Gasteiger partial charge < -0.3 is 19.5 Å². The molecule has 0 unspecified atom stereocenters. The molecule has 0 fully saturated rings. The lowest BCUT2D eigenvalue weighted by atomic mass is 10.1. The third-order valence-electron chi connectivity index (χ3n) is 6.59. The number of carbonyl (C=O) groups is 2. The van der Waals surface area contributed by atoms with Crippen LogP contribution in [0.3, 0.4) is 0 Å². The van der Waals surface area contributed by atoms with Gasteiger partial charge in [-0.1, -0.05) is 78.4 Å². The molecule has 38 heavy (non-hydrogen) atoms. The number of H-pyrrole nitrogens is 1. The lowest BCUT2D eigenvalue weighted by Gasteiger charge is -2.27. The molecule has 0 radical (unpaired) electrons. The van der Waals surface area contributed by atoms with Gasteiger partial charge in [0.2, 0.25) is 11.8 Å². The molecule has 0 aliphatic carbocycles. The van der Waals surface area contributed by atoms with Gasteiger partial charge in [-0.2, -0.15) is 0 Å². The number of para-hydroxylation sites is 1. The quantitative estimate of drug-likeness (QED) is 0.266. The predicted molar refractivity (Wildman–Crippen MR) is 153 cm³/mol. The number of carbonyl (C=O) groups excluding carboxylic acids is 2. The SMILES string of the molecule is COCCN(CC(=O)N(CCc1c[nH]c2ccccc12)Cc1ccc(C)cc1)C(=O)C=Cc1ccccc1. The molecule has 4 aromatic rings. The zero-order valence-electron chi connectivity index (χ0n) is 22.1. The van der Waals surface area contributed by atoms with Crippen LogP contribution >= 0.6 is 0 Å². The van der Waals surface area contributed by atoms with Gasteiger partial charge in [-0.3, -0.25) is 9.59 Å². The van der Waals surface area contributed by atoms with E-state index in [9.17, 15) is 9.59 Å². The van der Waals surface area contributed by atoms with E-state index in [0.29, 0.717) is 32.7 Å². The molecular weight excluding hydrogens is 474 g/mol. The molecule has 0 spiro atoms. The van der Waals surface area contributed by atoms with E-state index in [1.165, 1.54) is 17.2 Å². The number of methoxy groups -OCH3 is 1. The van der Waals surface area contributed by atoms with Gasteiger partial charge in [-0.15, -0.1) is 0 Å². The summed E-state index contributed by atoms with van der Waals surface area (Å²) in [6.07, 6.45) is 6.02. The Morgan fingerprint density at radius 3 is 2.39 bits per heavy atom. The highest BCUT2D eigenvalue weighted by atomic mass is 16.5. The molecule has 1 heterocycles. The first-order valence-corrected chi connectivity index (χ1v) is 12.9. The Balaban J connectivity index is 1.50. The second kappa shape index (κ2) is 13.4. The van der Waals surface area contributed by atoms with E-state index in [2.05, 4.69) is 41.4 Å². The molecule has 196 valence electrons. The summed E-state index contributed by atoms with van der Waals surface area (Å²) in [6.45, 7) is 3.74. The normalized spacial score (nSPS) is 11.2. The Morgan fingerprint density at radius 1 is 0.895 bits per heavy atom. The minimum absolute atomic E-state index is 0.0128. The minimum atomic E-state index is -0.217. The van der Waals surface area contributed by atoms with Crippen molar-refractivity contribution in [1.82, 2.24) is 14.8 Å². The topological polar surface area (TPSA) is 65.6 Å². The molecule has 0 aliphatic rings. The van der Waals surface area contributed by atoms with Crippen LogP contribution in [0.4, 0.5) is 0 Å². The van der Waals surface area contributed by atoms with Crippen molar-refractivity contribution >= 4 is 28.8 Å². The second-order valence-electron chi connectivity index (χ2n) is 9.41. The number of aromatic nitrogens is 1. The van der Waals surface area contributed by atoms with Gasteiger partial charge in [0.1, 0.15) is 6.54 Å². The molecule has 0 bridgehead atoms. The molecule has 0 saturated heterocycles. The van der Waals surface area contributed by atoms with Crippen molar-refractivity contribution in [3.8, 4) is 0 Å². The fraction of sp³-hybridized carbons (Fsp3) is 0.250. The Morgan fingerprint density at radius 2 is 1.63 bits per heavy atom. The highest BCUT2D eigenvalue weighted by molar-refractivity contribution is 5.94. The van der Waals surface area contributed by atoms with Crippen LogP contribution in [0, 0.1) is 6.92 Å². The van der Waals surface area contributed by atoms with Gasteiger partial charge in [0.05, 0.1) is 6.61 Å². The van der Waals surface area contributed by atoms with Crippen molar-refractivity contribution < 1.29 is 14.3 Å². The first kappa shape index (κ1) is 26.9. The van der Waals surface area contributed by atoms with Gasteiger partial charge >= 0.3 is 0 Å². The smallest absolute Gasteiger partial charge is 0.247 e. The summed E-state index contributed by atoms with van der Waals surface area (Å²) >= 11 is 0. The van der Waals surface area contributed by atoms with Crippen LogP contribution in [0.1, 0.15) is 22.3 Å². The maximum absolute atomic E-state index is 13.6. The van der Waals surface area contributed by atoms with Crippen LogP contribution in [0.25, 0.3) is 17.0 Å². The van der Waals surface area contributed by atoms with Crippen LogP contribution in [0.15, 0.2) is 91.1 Å². The number of ether oxygens (including phenoxy) is 1. The average molecular weight is 510 g/mol. The van der Waals surface area contributed by atoms with Crippen molar-refractivity contribution in [2.75, 3.05) is 33.4 Å². The van der Waals surface area contributed by atoms with Gasteiger partial charge in [-0.05, 0) is 42.2 Å². The Labute approximate surface area is 224 Å². The van der Waals surface area contributed by atoms with Crippen molar-refractivity contribution in [3.63, 3.8) is 0 Å². The fourth-order valence-electron chi connectivity index (χ4n) is 4.37. The largest absolute Gasteiger partial charge is 0.383 e. The van der Waals surface area contributed by atoms with Gasteiger partial charge in [0.25, 0.3) is 0 Å². The van der Waals surface area contributed by atoms with E-state index in [1.807, 2.05) is 60.5 Å². The first-order chi connectivity index (χ1) is 18.5. The lowest BCUT2D eigenvalue weighted by Crippen LogP contribution is -2.44. The number of hydrogen-bond donors (Lipinski definition) is 1. The van der Waals surface area contributed by atoms with E-state index < -0.39 is 0 Å². The van der Waals surface area contributed by atoms with E-state index in [0.717, 1.165) is 22.0 Å². The van der Waals surface area contributed by atoms with Crippen molar-refractivity contribution in [2.45, 2.75) is 19.9 Å². The summed E-state index contributed by atoms with van der Waals surface area (Å²) < 4.78 is 5.23. The Hall–Kier alpha value is -4.16. The highest BCUT2D eigenvalue weighted by Crippen LogP contribution is 2.19. The molecule has 1 N–H and O–H groups in total. The molecule has 6 nitrogen and oxygen atoms in total. The standard InChI is InChI=1S/C32H35N3O3/c1-25-12-14-27(15-13-25)23-34(19-18-28-22-33-30-11-7-6-10-29(28)30)32(37)24-35(20-21-38-2)31(36)17-16-26-8-4-3-5-9-26/h3-17,22,33H,18-21,23-24H2,1-2H3. The number of aromatic amines is 1. The second-order valence-corrected chi connectivity index (χ2v) is 9.41. The summed E-state index contributed by atoms with van der Waals surface area (Å²) in [5.41, 5.74) is 5.41. The van der Waals surface area contributed by atoms with Crippen LogP contribution in [0.5, 0.6) is 0 Å². The van der Waals surface area contributed by atoms with Crippen LogP contribution < -0.4 is 0 Å². The molecule has 3 aromatic carbocycles. The maximum atomic E-state index is 13.6. The fourth-order valence-corrected chi connectivity index (χ4v) is 4.37.